The molecule has 0 aromatic heterocycles. The highest BCUT2D eigenvalue weighted by Gasteiger charge is 2.40. The van der Waals surface area contributed by atoms with E-state index >= 15 is 0 Å². The Morgan fingerprint density at radius 3 is 1.36 bits per heavy atom. The largest absolute Gasteiger partial charge is 0.381 e. The molecule has 0 aromatic rings. The quantitative estimate of drug-likeness (QED) is 0.0594. The third kappa shape index (κ3) is 24.3. The van der Waals surface area contributed by atoms with E-state index in [9.17, 15) is 0 Å². The Balaban J connectivity index is 1.91. The molecule has 0 N–H and O–H groups in total. The van der Waals surface area contributed by atoms with Crippen LogP contribution < -0.4 is 0 Å². The van der Waals surface area contributed by atoms with Crippen LogP contribution in [0.2, 0.25) is 0 Å². The van der Waals surface area contributed by atoms with Gasteiger partial charge in [-0.2, -0.15) is 0 Å². The smallest absolute Gasteiger partial charge is 0.0546 e. The fraction of sp³-hybridized carbons (Fsp3) is 0.800. The first-order valence-corrected chi connectivity index (χ1v) is 18.6. The molecule has 1 aliphatic rings. The van der Waals surface area contributed by atoms with Gasteiger partial charge in [0, 0.05) is 25.1 Å². The van der Waals surface area contributed by atoms with Gasteiger partial charge in [0.25, 0.3) is 0 Å². The van der Waals surface area contributed by atoms with E-state index in [1.54, 1.807) is 0 Å². The summed E-state index contributed by atoms with van der Waals surface area (Å²) in [6.45, 7) is 8.94. The molecule has 244 valence electrons. The summed E-state index contributed by atoms with van der Waals surface area (Å²) in [4.78, 5) is 2.47. The summed E-state index contributed by atoms with van der Waals surface area (Å²) in [5, 5.41) is 0. The van der Waals surface area contributed by atoms with Gasteiger partial charge >= 0.3 is 0 Å². The van der Waals surface area contributed by atoms with Crippen molar-refractivity contribution < 1.29 is 4.74 Å². The van der Waals surface area contributed by atoms with Gasteiger partial charge in [0.1, 0.15) is 0 Å². The van der Waals surface area contributed by atoms with Gasteiger partial charge in [-0.15, -0.1) is 0 Å². The van der Waals surface area contributed by atoms with Crippen molar-refractivity contribution in [3.05, 3.63) is 48.6 Å². The molecule has 42 heavy (non-hydrogen) atoms. The van der Waals surface area contributed by atoms with Gasteiger partial charge in [-0.3, -0.25) is 0 Å². The topological polar surface area (TPSA) is 12.5 Å². The van der Waals surface area contributed by atoms with Crippen molar-refractivity contribution in [1.82, 2.24) is 4.90 Å². The summed E-state index contributed by atoms with van der Waals surface area (Å²) in [7, 11) is 2.26. The lowest BCUT2D eigenvalue weighted by Crippen LogP contribution is -2.56. The number of ether oxygens (including phenoxy) is 1. The Hall–Kier alpha value is -1.12. The lowest BCUT2D eigenvalue weighted by Gasteiger charge is -2.48. The average Bonchev–Trinajstić information content (AvgIpc) is 2.97. The maximum Gasteiger partial charge on any atom is 0.0546 e. The van der Waals surface area contributed by atoms with E-state index in [1.807, 2.05) is 0 Å². The van der Waals surface area contributed by atoms with E-state index in [0.29, 0.717) is 5.41 Å². The number of rotatable bonds is 31. The number of likely N-dealkylation sites (tertiary alicyclic amines) is 1. The van der Waals surface area contributed by atoms with Crippen molar-refractivity contribution in [2.45, 2.75) is 168 Å². The molecule has 1 fully saturated rings. The maximum atomic E-state index is 6.23. The first-order chi connectivity index (χ1) is 20.7. The summed E-state index contributed by atoms with van der Waals surface area (Å²) in [5.41, 5.74) is 0.445. The van der Waals surface area contributed by atoms with Gasteiger partial charge in [-0.25, -0.2) is 0 Å². The third-order valence-electron chi connectivity index (χ3n) is 8.77. The molecule has 1 aliphatic heterocycles. The standard InChI is InChI=1S/C40H73NO/c1-4-6-8-10-12-14-16-18-20-21-23-25-27-29-31-33-35-40(37-41(3)38-40)39-42-36-34-32-30-28-26-24-22-19-17-15-13-11-9-7-5-2/h12-15,18-20,22H,4-11,16-17,21,23-39H2,1-3H3/b14-12-,15-13-,20-18-,22-19+. The second kappa shape index (κ2) is 29.9. The molecular formula is C40H73NO. The number of hydrogen-bond acceptors (Lipinski definition) is 2. The van der Waals surface area contributed by atoms with E-state index in [1.165, 1.54) is 154 Å². The predicted molar refractivity (Wildman–Crippen MR) is 189 cm³/mol. The van der Waals surface area contributed by atoms with Crippen molar-refractivity contribution in [3.63, 3.8) is 0 Å². The highest BCUT2D eigenvalue weighted by atomic mass is 16.5. The highest BCUT2D eigenvalue weighted by Crippen LogP contribution is 2.35. The van der Waals surface area contributed by atoms with Gasteiger partial charge in [0.15, 0.2) is 0 Å². The van der Waals surface area contributed by atoms with Crippen LogP contribution in [0, 0.1) is 5.41 Å². The van der Waals surface area contributed by atoms with Crippen LogP contribution in [0.25, 0.3) is 0 Å². The molecule has 0 unspecified atom stereocenters. The van der Waals surface area contributed by atoms with Crippen LogP contribution in [0.5, 0.6) is 0 Å². The monoisotopic (exact) mass is 584 g/mol. The van der Waals surface area contributed by atoms with Gasteiger partial charge in [-0.1, -0.05) is 140 Å². The highest BCUT2D eigenvalue weighted by molar-refractivity contribution is 4.94. The molecule has 1 rings (SSSR count). The van der Waals surface area contributed by atoms with Crippen LogP contribution in [0.4, 0.5) is 0 Å². The van der Waals surface area contributed by atoms with Crippen molar-refractivity contribution in [2.75, 3.05) is 33.4 Å². The van der Waals surface area contributed by atoms with Crippen LogP contribution in [-0.2, 0) is 4.74 Å². The maximum absolute atomic E-state index is 6.23. The number of allylic oxidation sites excluding steroid dienone is 8. The van der Waals surface area contributed by atoms with Crippen molar-refractivity contribution in [1.29, 1.82) is 0 Å². The fourth-order valence-corrected chi connectivity index (χ4v) is 6.21. The average molecular weight is 584 g/mol. The Morgan fingerprint density at radius 1 is 0.500 bits per heavy atom. The van der Waals surface area contributed by atoms with Crippen LogP contribution in [0.1, 0.15) is 168 Å². The van der Waals surface area contributed by atoms with Crippen LogP contribution in [-0.4, -0.2) is 38.3 Å². The molecule has 0 amide bonds. The molecule has 0 aromatic carbocycles. The zero-order valence-electron chi connectivity index (χ0n) is 28.8. The van der Waals surface area contributed by atoms with E-state index in [0.717, 1.165) is 26.1 Å². The summed E-state index contributed by atoms with van der Waals surface area (Å²) in [6, 6.07) is 0. The van der Waals surface area contributed by atoms with E-state index in [4.69, 9.17) is 4.74 Å². The first-order valence-electron chi connectivity index (χ1n) is 18.6. The zero-order valence-corrected chi connectivity index (χ0v) is 28.8. The van der Waals surface area contributed by atoms with Crippen LogP contribution >= 0.6 is 0 Å². The molecule has 2 nitrogen and oxygen atoms in total. The number of unbranched alkanes of at least 4 members (excludes halogenated alkanes) is 17. The minimum absolute atomic E-state index is 0.445. The molecule has 0 radical (unpaired) electrons. The molecular weight excluding hydrogens is 510 g/mol. The van der Waals surface area contributed by atoms with Gasteiger partial charge < -0.3 is 9.64 Å². The Bertz CT molecular complexity index is 669. The van der Waals surface area contributed by atoms with Crippen molar-refractivity contribution in [2.24, 2.45) is 5.41 Å². The van der Waals surface area contributed by atoms with E-state index in [2.05, 4.69) is 74.4 Å². The summed E-state index contributed by atoms with van der Waals surface area (Å²) in [5.74, 6) is 0. The van der Waals surface area contributed by atoms with Crippen LogP contribution in [0.15, 0.2) is 48.6 Å². The normalized spacial score (nSPS) is 15.7. The first kappa shape index (κ1) is 38.9. The van der Waals surface area contributed by atoms with Gasteiger partial charge in [0.2, 0.25) is 0 Å². The molecule has 0 atom stereocenters. The Morgan fingerprint density at radius 2 is 0.905 bits per heavy atom. The van der Waals surface area contributed by atoms with Gasteiger partial charge in [0.05, 0.1) is 6.61 Å². The number of nitrogens with zero attached hydrogens (tertiary/aromatic N) is 1. The molecule has 2 heteroatoms. The lowest BCUT2D eigenvalue weighted by atomic mass is 9.76. The molecule has 0 aliphatic carbocycles. The molecule has 1 heterocycles. The van der Waals surface area contributed by atoms with Crippen molar-refractivity contribution in [3.8, 4) is 0 Å². The van der Waals surface area contributed by atoms with Gasteiger partial charge in [-0.05, 0) is 84.1 Å². The Kier molecular flexibility index (Phi) is 27.7. The fourth-order valence-electron chi connectivity index (χ4n) is 6.21. The molecule has 1 saturated heterocycles. The zero-order chi connectivity index (χ0) is 30.2. The number of hydrogen-bond donors (Lipinski definition) is 0. The summed E-state index contributed by atoms with van der Waals surface area (Å²) >= 11 is 0. The third-order valence-corrected chi connectivity index (χ3v) is 8.77. The van der Waals surface area contributed by atoms with E-state index < -0.39 is 0 Å². The molecule has 0 saturated carbocycles. The minimum atomic E-state index is 0.445. The summed E-state index contributed by atoms with van der Waals surface area (Å²) in [6.07, 6.45) is 50.4. The predicted octanol–water partition coefficient (Wildman–Crippen LogP) is 12.6. The van der Waals surface area contributed by atoms with E-state index in [-0.39, 0.29) is 0 Å². The Labute approximate surface area is 264 Å². The minimum Gasteiger partial charge on any atom is -0.381 e. The second-order valence-corrected chi connectivity index (χ2v) is 13.3. The molecule has 0 bridgehead atoms. The van der Waals surface area contributed by atoms with Crippen LogP contribution in [0.3, 0.4) is 0 Å². The summed E-state index contributed by atoms with van der Waals surface area (Å²) < 4.78 is 6.23. The lowest BCUT2D eigenvalue weighted by molar-refractivity contribution is -0.0611. The molecule has 0 spiro atoms. The second-order valence-electron chi connectivity index (χ2n) is 13.3. The SMILES string of the molecule is CCCCC/C=C\C/C=C\CCCCCCCCC1(COCCCCCCC/C=C/C/C=C\CCCCC)CN(C)C1. The van der Waals surface area contributed by atoms with Crippen molar-refractivity contribution >= 4 is 0 Å².